The van der Waals surface area contributed by atoms with E-state index in [2.05, 4.69) is 15.4 Å². The highest BCUT2D eigenvalue weighted by Crippen LogP contribution is 2.29. The van der Waals surface area contributed by atoms with Crippen molar-refractivity contribution < 1.29 is 13.3 Å². The van der Waals surface area contributed by atoms with Crippen molar-refractivity contribution in [1.82, 2.24) is 10.0 Å². The molecule has 22 heavy (non-hydrogen) atoms. The molecule has 1 aliphatic heterocycles. The Balaban J connectivity index is 2.33. The molecule has 1 saturated heterocycles. The average Bonchev–Trinajstić information content (AvgIpc) is 2.49. The molecule has 1 aromatic rings. The Bertz CT molecular complexity index is 662. The number of nitrogens with zero attached hydrogens (tertiary/aromatic N) is 1. The number of nitro groups is 1. The molecule has 3 N–H and O–H groups in total. The number of hydrogen-bond acceptors (Lipinski definition) is 6. The lowest BCUT2D eigenvalue weighted by Gasteiger charge is -2.31. The summed E-state index contributed by atoms with van der Waals surface area (Å²) < 4.78 is 25.7. The Labute approximate surface area is 129 Å². The Hall–Kier alpha value is -1.71. The molecule has 0 amide bonds. The van der Waals surface area contributed by atoms with Crippen molar-refractivity contribution in [2.45, 2.75) is 36.7 Å². The van der Waals surface area contributed by atoms with E-state index in [1.807, 2.05) is 6.92 Å². The fraction of sp³-hybridized carbons (Fsp3) is 0.538. The molecule has 0 aliphatic carbocycles. The average molecular weight is 328 g/mol. The standard InChI is InChI=1S/C13H20N4O4S/c1-9-11(4-3-7-15-9)16-12-6-5-10(22(20,21)14-2)8-13(12)17(18)19/h5-6,8-9,11,14-16H,3-4,7H2,1-2H3. The topological polar surface area (TPSA) is 113 Å². The molecular weight excluding hydrogens is 308 g/mol. The molecule has 0 bridgehead atoms. The highest BCUT2D eigenvalue weighted by atomic mass is 32.2. The van der Waals surface area contributed by atoms with Crippen LogP contribution in [0.25, 0.3) is 0 Å². The highest BCUT2D eigenvalue weighted by molar-refractivity contribution is 7.89. The summed E-state index contributed by atoms with van der Waals surface area (Å²) in [7, 11) is -2.44. The van der Waals surface area contributed by atoms with Gasteiger partial charge in [0.15, 0.2) is 0 Å². The van der Waals surface area contributed by atoms with E-state index in [4.69, 9.17) is 0 Å². The van der Waals surface area contributed by atoms with E-state index in [1.54, 1.807) is 0 Å². The lowest BCUT2D eigenvalue weighted by atomic mass is 9.99. The van der Waals surface area contributed by atoms with Crippen LogP contribution < -0.4 is 15.4 Å². The number of piperidine rings is 1. The zero-order valence-corrected chi connectivity index (χ0v) is 13.3. The van der Waals surface area contributed by atoms with Gasteiger partial charge in [0.05, 0.1) is 9.82 Å². The minimum absolute atomic E-state index is 0.0687. The molecule has 1 aromatic carbocycles. The Morgan fingerprint density at radius 2 is 2.14 bits per heavy atom. The van der Waals surface area contributed by atoms with Gasteiger partial charge in [-0.05, 0) is 45.5 Å². The number of nitrogens with one attached hydrogen (secondary N) is 3. The van der Waals surface area contributed by atoms with Gasteiger partial charge in [-0.15, -0.1) is 0 Å². The quantitative estimate of drug-likeness (QED) is 0.550. The van der Waals surface area contributed by atoms with Crippen LogP contribution in [-0.2, 0) is 10.0 Å². The summed E-state index contributed by atoms with van der Waals surface area (Å²) >= 11 is 0. The maximum absolute atomic E-state index is 11.8. The Morgan fingerprint density at radius 1 is 1.41 bits per heavy atom. The van der Waals surface area contributed by atoms with Crippen molar-refractivity contribution in [2.24, 2.45) is 0 Å². The van der Waals surface area contributed by atoms with Gasteiger partial charge in [-0.1, -0.05) is 0 Å². The van der Waals surface area contributed by atoms with E-state index in [0.29, 0.717) is 5.69 Å². The minimum atomic E-state index is -3.71. The first-order valence-corrected chi connectivity index (χ1v) is 8.55. The monoisotopic (exact) mass is 328 g/mol. The summed E-state index contributed by atoms with van der Waals surface area (Å²) in [6.45, 7) is 2.95. The third-order valence-electron chi connectivity index (χ3n) is 3.85. The van der Waals surface area contributed by atoms with Gasteiger partial charge in [0.2, 0.25) is 10.0 Å². The maximum Gasteiger partial charge on any atom is 0.293 e. The van der Waals surface area contributed by atoms with Gasteiger partial charge < -0.3 is 10.6 Å². The van der Waals surface area contributed by atoms with Crippen LogP contribution in [0.2, 0.25) is 0 Å². The van der Waals surface area contributed by atoms with Crippen LogP contribution in [0.4, 0.5) is 11.4 Å². The van der Waals surface area contributed by atoms with E-state index in [1.165, 1.54) is 19.2 Å². The van der Waals surface area contributed by atoms with Crippen molar-refractivity contribution >= 4 is 21.4 Å². The fourth-order valence-electron chi connectivity index (χ4n) is 2.51. The molecule has 9 heteroatoms. The van der Waals surface area contributed by atoms with Gasteiger partial charge in [-0.25, -0.2) is 13.1 Å². The molecule has 122 valence electrons. The number of nitro benzene ring substituents is 1. The number of sulfonamides is 1. The molecule has 2 unspecified atom stereocenters. The Morgan fingerprint density at radius 3 is 2.73 bits per heavy atom. The summed E-state index contributed by atoms with van der Waals surface area (Å²) in [6, 6.07) is 4.15. The van der Waals surface area contributed by atoms with Crippen LogP contribution in [-0.4, -0.2) is 39.0 Å². The van der Waals surface area contributed by atoms with Gasteiger partial charge in [-0.2, -0.15) is 0 Å². The van der Waals surface area contributed by atoms with Gasteiger partial charge in [0.25, 0.3) is 5.69 Å². The second-order valence-electron chi connectivity index (χ2n) is 5.28. The summed E-state index contributed by atoms with van der Waals surface area (Å²) in [5.74, 6) is 0. The third-order valence-corrected chi connectivity index (χ3v) is 5.26. The van der Waals surface area contributed by atoms with Gasteiger partial charge in [0.1, 0.15) is 5.69 Å². The normalized spacial score (nSPS) is 22.3. The SMILES string of the molecule is CNS(=O)(=O)c1ccc(NC2CCCNC2C)c([N+](=O)[O-])c1. The third kappa shape index (κ3) is 3.54. The first kappa shape index (κ1) is 16.7. The Kier molecular flexibility index (Phi) is 4.99. The number of anilines is 1. The first-order chi connectivity index (χ1) is 10.3. The maximum atomic E-state index is 11.8. The van der Waals surface area contributed by atoms with Crippen LogP contribution in [0.5, 0.6) is 0 Å². The second kappa shape index (κ2) is 6.59. The second-order valence-corrected chi connectivity index (χ2v) is 7.17. The van der Waals surface area contributed by atoms with E-state index in [9.17, 15) is 18.5 Å². The zero-order valence-electron chi connectivity index (χ0n) is 12.5. The number of hydrogen-bond donors (Lipinski definition) is 3. The predicted molar refractivity (Wildman–Crippen MR) is 83.5 cm³/mol. The van der Waals surface area contributed by atoms with Crippen LogP contribution in [0.15, 0.2) is 23.1 Å². The number of rotatable bonds is 5. The van der Waals surface area contributed by atoms with Gasteiger partial charge in [0, 0.05) is 18.2 Å². The minimum Gasteiger partial charge on any atom is -0.375 e. The smallest absolute Gasteiger partial charge is 0.293 e. The lowest BCUT2D eigenvalue weighted by Crippen LogP contribution is -2.46. The first-order valence-electron chi connectivity index (χ1n) is 7.07. The van der Waals surface area contributed by atoms with Crippen molar-refractivity contribution in [3.8, 4) is 0 Å². The molecule has 0 saturated carbocycles. The lowest BCUT2D eigenvalue weighted by molar-refractivity contribution is -0.384. The molecular formula is C13H20N4O4S. The van der Waals surface area contributed by atoms with E-state index < -0.39 is 14.9 Å². The molecule has 8 nitrogen and oxygen atoms in total. The predicted octanol–water partition coefficient (Wildman–Crippen LogP) is 1.06. The van der Waals surface area contributed by atoms with Crippen LogP contribution >= 0.6 is 0 Å². The van der Waals surface area contributed by atoms with Crippen molar-refractivity contribution in [3.05, 3.63) is 28.3 Å². The fourth-order valence-corrected chi connectivity index (χ4v) is 3.26. The van der Waals surface area contributed by atoms with E-state index in [-0.39, 0.29) is 22.7 Å². The van der Waals surface area contributed by atoms with Crippen molar-refractivity contribution in [1.29, 1.82) is 0 Å². The van der Waals surface area contributed by atoms with Crippen molar-refractivity contribution in [3.63, 3.8) is 0 Å². The molecule has 0 aromatic heterocycles. The molecule has 0 radical (unpaired) electrons. The van der Waals surface area contributed by atoms with E-state index in [0.717, 1.165) is 25.5 Å². The van der Waals surface area contributed by atoms with Crippen LogP contribution in [0.1, 0.15) is 19.8 Å². The van der Waals surface area contributed by atoms with E-state index >= 15 is 0 Å². The van der Waals surface area contributed by atoms with Crippen molar-refractivity contribution in [2.75, 3.05) is 18.9 Å². The summed E-state index contributed by atoms with van der Waals surface area (Å²) in [5.41, 5.74) is 0.0923. The number of benzene rings is 1. The van der Waals surface area contributed by atoms with Gasteiger partial charge in [-0.3, -0.25) is 10.1 Å². The summed E-state index contributed by atoms with van der Waals surface area (Å²) in [6.07, 6.45) is 1.89. The zero-order chi connectivity index (χ0) is 16.3. The van der Waals surface area contributed by atoms with Crippen LogP contribution in [0, 0.1) is 10.1 Å². The van der Waals surface area contributed by atoms with Crippen LogP contribution in [0.3, 0.4) is 0 Å². The molecule has 1 heterocycles. The molecule has 1 aliphatic rings. The summed E-state index contributed by atoms with van der Waals surface area (Å²) in [4.78, 5) is 10.6. The molecule has 0 spiro atoms. The summed E-state index contributed by atoms with van der Waals surface area (Å²) in [5, 5.41) is 17.7. The highest BCUT2D eigenvalue weighted by Gasteiger charge is 2.25. The largest absolute Gasteiger partial charge is 0.375 e. The van der Waals surface area contributed by atoms with Gasteiger partial charge >= 0.3 is 0 Å². The molecule has 1 fully saturated rings. The molecule has 2 atom stereocenters. The molecule has 2 rings (SSSR count).